The molecule has 0 saturated carbocycles. The predicted molar refractivity (Wildman–Crippen MR) is 165 cm³/mol. The minimum absolute atomic E-state index is 0.0721. The molecule has 1 fully saturated rings. The summed E-state index contributed by atoms with van der Waals surface area (Å²) in [5, 5.41) is 21.1. The molecule has 43 heavy (non-hydrogen) atoms. The first-order chi connectivity index (χ1) is 20.7. The SMILES string of the molecule is CCCCCCCCCCCC(=O)C(O)[C@H]1O[C@@H](n2cc(F)c(=O)n(C(=O)CCCCCCCCCCC)c2=O)C[C@@H]1O. The summed E-state index contributed by atoms with van der Waals surface area (Å²) in [6.07, 6.45) is 14.0. The second-order valence-electron chi connectivity index (χ2n) is 12.1. The molecule has 9 nitrogen and oxygen atoms in total. The number of carbonyl (C=O) groups excluding carboxylic acids is 2. The zero-order valence-electron chi connectivity index (χ0n) is 26.4. The van der Waals surface area contributed by atoms with Crippen LogP contribution in [0.5, 0.6) is 0 Å². The molecule has 2 N–H and O–H groups in total. The number of ether oxygens (including phenoxy) is 1. The number of carbonyl (C=O) groups is 2. The van der Waals surface area contributed by atoms with E-state index in [1.165, 1.54) is 57.8 Å². The monoisotopic (exact) mass is 610 g/mol. The standard InChI is InChI=1S/C33H55FN2O7/c1-3-5-7-9-11-13-15-17-19-21-26(37)30(40)31-27(38)23-29(43-31)35-24-25(34)32(41)36(33(35)42)28(39)22-20-18-16-14-12-10-8-6-4-2/h24,27,29-31,38,40H,3-23H2,1-2H3/t27-,29+,30?,31-/m0/s1. The van der Waals surface area contributed by atoms with Gasteiger partial charge in [-0.15, -0.1) is 0 Å². The Bertz CT molecular complexity index is 1090. The van der Waals surface area contributed by atoms with Gasteiger partial charge < -0.3 is 14.9 Å². The topological polar surface area (TPSA) is 128 Å². The van der Waals surface area contributed by atoms with E-state index >= 15 is 0 Å². The molecule has 1 aromatic heterocycles. The molecule has 0 aromatic carbocycles. The number of aliphatic hydroxyl groups is 2. The minimum atomic E-state index is -1.60. The number of hydrogen-bond acceptors (Lipinski definition) is 7. The molecule has 10 heteroatoms. The van der Waals surface area contributed by atoms with Crippen LogP contribution in [0.2, 0.25) is 0 Å². The van der Waals surface area contributed by atoms with Crippen molar-refractivity contribution in [3.63, 3.8) is 0 Å². The number of aromatic nitrogens is 2. The average Bonchev–Trinajstić information content (AvgIpc) is 3.37. The van der Waals surface area contributed by atoms with Crippen LogP contribution in [-0.2, 0) is 9.53 Å². The van der Waals surface area contributed by atoms with E-state index in [4.69, 9.17) is 4.74 Å². The second kappa shape index (κ2) is 20.7. The molecule has 0 bridgehead atoms. The van der Waals surface area contributed by atoms with Gasteiger partial charge in [0, 0.05) is 19.3 Å². The number of halogens is 1. The molecular weight excluding hydrogens is 555 g/mol. The Hall–Kier alpha value is -2.17. The van der Waals surface area contributed by atoms with Crippen LogP contribution in [0.1, 0.15) is 160 Å². The van der Waals surface area contributed by atoms with E-state index in [9.17, 15) is 33.8 Å². The number of hydrogen-bond donors (Lipinski definition) is 2. The van der Waals surface area contributed by atoms with Crippen LogP contribution in [0.15, 0.2) is 15.8 Å². The maximum Gasteiger partial charge on any atom is 0.340 e. The summed E-state index contributed by atoms with van der Waals surface area (Å²) in [7, 11) is 0. The Balaban J connectivity index is 1.88. The van der Waals surface area contributed by atoms with Crippen LogP contribution in [0.4, 0.5) is 4.39 Å². The van der Waals surface area contributed by atoms with Gasteiger partial charge in [0.15, 0.2) is 5.78 Å². The third-order valence-corrected chi connectivity index (χ3v) is 8.43. The van der Waals surface area contributed by atoms with Crippen molar-refractivity contribution in [2.24, 2.45) is 0 Å². The van der Waals surface area contributed by atoms with E-state index in [1.807, 2.05) is 0 Å². The molecule has 1 aliphatic heterocycles. The summed E-state index contributed by atoms with van der Waals surface area (Å²) in [4.78, 5) is 50.9. The van der Waals surface area contributed by atoms with Crippen molar-refractivity contribution in [1.29, 1.82) is 0 Å². The number of rotatable bonds is 23. The zero-order valence-corrected chi connectivity index (χ0v) is 26.4. The number of aliphatic hydroxyl groups excluding tert-OH is 2. The van der Waals surface area contributed by atoms with Gasteiger partial charge in [0.25, 0.3) is 5.56 Å². The summed E-state index contributed by atoms with van der Waals surface area (Å²) >= 11 is 0. The fraction of sp³-hybridized carbons (Fsp3) is 0.818. The van der Waals surface area contributed by atoms with E-state index in [0.29, 0.717) is 19.0 Å². The summed E-state index contributed by atoms with van der Waals surface area (Å²) < 4.78 is 21.3. The normalized spacial score (nSPS) is 19.1. The smallest absolute Gasteiger partial charge is 0.340 e. The van der Waals surface area contributed by atoms with E-state index in [1.54, 1.807) is 0 Å². The summed E-state index contributed by atoms with van der Waals surface area (Å²) in [5.41, 5.74) is -2.39. The highest BCUT2D eigenvalue weighted by Crippen LogP contribution is 2.30. The lowest BCUT2D eigenvalue weighted by Gasteiger charge is -2.21. The lowest BCUT2D eigenvalue weighted by molar-refractivity contribution is -0.141. The Kier molecular flexibility index (Phi) is 17.8. The molecule has 1 saturated heterocycles. The molecular formula is C33H55FN2O7. The lowest BCUT2D eigenvalue weighted by Crippen LogP contribution is -2.46. The van der Waals surface area contributed by atoms with Crippen LogP contribution in [-0.4, -0.2) is 49.3 Å². The quantitative estimate of drug-likeness (QED) is 0.141. The van der Waals surface area contributed by atoms with Gasteiger partial charge in [-0.1, -0.05) is 117 Å². The molecule has 0 amide bonds. The van der Waals surface area contributed by atoms with Gasteiger partial charge in [-0.3, -0.25) is 19.0 Å². The van der Waals surface area contributed by atoms with Crippen molar-refractivity contribution in [3.8, 4) is 0 Å². The van der Waals surface area contributed by atoms with Gasteiger partial charge in [0.1, 0.15) is 18.4 Å². The molecule has 2 rings (SSSR count). The van der Waals surface area contributed by atoms with Crippen LogP contribution in [0, 0.1) is 5.82 Å². The molecule has 2 heterocycles. The lowest BCUT2D eigenvalue weighted by atomic mass is 9.99. The molecule has 1 aromatic rings. The summed E-state index contributed by atoms with van der Waals surface area (Å²) in [6, 6.07) is 0. The van der Waals surface area contributed by atoms with Crippen molar-refractivity contribution in [3.05, 3.63) is 32.9 Å². The van der Waals surface area contributed by atoms with Crippen molar-refractivity contribution < 1.29 is 28.9 Å². The highest BCUT2D eigenvalue weighted by atomic mass is 19.1. The average molecular weight is 611 g/mol. The largest absolute Gasteiger partial charge is 0.390 e. The van der Waals surface area contributed by atoms with Gasteiger partial charge in [0.2, 0.25) is 11.7 Å². The Morgan fingerprint density at radius 2 is 1.30 bits per heavy atom. The van der Waals surface area contributed by atoms with Crippen molar-refractivity contribution >= 4 is 11.7 Å². The number of nitrogens with zero attached hydrogens (tertiary/aromatic N) is 2. The van der Waals surface area contributed by atoms with Crippen molar-refractivity contribution in [2.75, 3.05) is 0 Å². The Labute approximate surface area is 255 Å². The molecule has 1 aliphatic rings. The Morgan fingerprint density at radius 1 is 0.837 bits per heavy atom. The molecule has 0 aliphatic carbocycles. The predicted octanol–water partition coefficient (Wildman–Crippen LogP) is 6.21. The molecule has 0 spiro atoms. The fourth-order valence-electron chi connectivity index (χ4n) is 5.74. The van der Waals surface area contributed by atoms with E-state index in [0.717, 1.165) is 49.5 Å². The van der Waals surface area contributed by atoms with Crippen LogP contribution >= 0.6 is 0 Å². The number of ketones is 1. The van der Waals surface area contributed by atoms with Gasteiger partial charge >= 0.3 is 5.69 Å². The first-order valence-corrected chi connectivity index (χ1v) is 16.8. The number of Topliss-reactive ketones (excluding diaryl/α,β-unsaturated/α-hetero) is 1. The highest BCUT2D eigenvalue weighted by Gasteiger charge is 2.42. The van der Waals surface area contributed by atoms with Gasteiger partial charge in [-0.05, 0) is 12.8 Å². The third-order valence-electron chi connectivity index (χ3n) is 8.43. The molecule has 0 radical (unpaired) electrons. The first kappa shape index (κ1) is 37.0. The Morgan fingerprint density at radius 3 is 1.81 bits per heavy atom. The van der Waals surface area contributed by atoms with Crippen molar-refractivity contribution in [2.45, 2.75) is 173 Å². The maximum atomic E-state index is 14.6. The maximum absolute atomic E-state index is 14.6. The van der Waals surface area contributed by atoms with E-state index < -0.39 is 53.3 Å². The molecule has 1 unspecified atom stereocenters. The van der Waals surface area contributed by atoms with E-state index in [-0.39, 0.29) is 23.8 Å². The van der Waals surface area contributed by atoms with Crippen LogP contribution in [0.25, 0.3) is 0 Å². The molecule has 4 atom stereocenters. The van der Waals surface area contributed by atoms with Crippen molar-refractivity contribution in [1.82, 2.24) is 9.13 Å². The first-order valence-electron chi connectivity index (χ1n) is 16.8. The third kappa shape index (κ3) is 12.4. The fourth-order valence-corrected chi connectivity index (χ4v) is 5.74. The number of unbranched alkanes of at least 4 members (excludes halogenated alkanes) is 16. The van der Waals surface area contributed by atoms with Gasteiger partial charge in [-0.25, -0.2) is 4.79 Å². The van der Waals surface area contributed by atoms with Crippen LogP contribution in [0.3, 0.4) is 0 Å². The van der Waals surface area contributed by atoms with E-state index in [2.05, 4.69) is 13.8 Å². The highest BCUT2D eigenvalue weighted by molar-refractivity contribution is 5.83. The molecule has 246 valence electrons. The zero-order chi connectivity index (χ0) is 31.6. The summed E-state index contributed by atoms with van der Waals surface area (Å²) in [5.74, 6) is -2.56. The van der Waals surface area contributed by atoms with Crippen LogP contribution < -0.4 is 11.2 Å². The second-order valence-corrected chi connectivity index (χ2v) is 12.1. The van der Waals surface area contributed by atoms with Gasteiger partial charge in [0.05, 0.1) is 12.3 Å². The van der Waals surface area contributed by atoms with Gasteiger partial charge in [-0.2, -0.15) is 8.96 Å². The minimum Gasteiger partial charge on any atom is -0.390 e. The summed E-state index contributed by atoms with van der Waals surface area (Å²) in [6.45, 7) is 4.35.